The molecule has 2 heterocycles. The number of ether oxygens (including phenoxy) is 1. The summed E-state index contributed by atoms with van der Waals surface area (Å²) in [4.78, 5) is 26.0. The average Bonchev–Trinajstić information content (AvgIpc) is 2.91. The number of hydrogen-bond donors (Lipinski definition) is 3. The van der Waals surface area contributed by atoms with E-state index < -0.39 is 11.6 Å². The zero-order valence-corrected chi connectivity index (χ0v) is 22.0. The van der Waals surface area contributed by atoms with Crippen LogP contribution in [0.2, 0.25) is 0 Å². The second-order valence-corrected chi connectivity index (χ2v) is 9.15. The number of rotatable bonds is 10. The summed E-state index contributed by atoms with van der Waals surface area (Å²) in [6.07, 6.45) is 3.37. The summed E-state index contributed by atoms with van der Waals surface area (Å²) < 4.78 is 32.3. The Bertz CT molecular complexity index is 1410. The monoisotopic (exact) mass is 536 g/mol. The van der Waals surface area contributed by atoms with E-state index in [9.17, 15) is 13.6 Å². The van der Waals surface area contributed by atoms with Crippen molar-refractivity contribution in [2.24, 2.45) is 0 Å². The van der Waals surface area contributed by atoms with Crippen molar-refractivity contribution < 1.29 is 18.3 Å². The number of carbonyl (C=O) groups excluding carboxylic acids is 1. The summed E-state index contributed by atoms with van der Waals surface area (Å²) >= 11 is 0. The highest BCUT2D eigenvalue weighted by molar-refractivity contribution is 7.17. The molecule has 4 aromatic rings. The Morgan fingerprint density at radius 1 is 1.08 bits per heavy atom. The van der Waals surface area contributed by atoms with Crippen LogP contribution in [0.4, 0.5) is 31.9 Å². The third-order valence-corrected chi connectivity index (χ3v) is 5.91. The SMILES string of the molecule is COCCNc1ccc(-c2ccnc(Nc3cc(NC(=O)c4cccc(C(F)(F)P)c4)ccc3C)n2)cn1. The molecular weight excluding hydrogens is 509 g/mol. The van der Waals surface area contributed by atoms with E-state index in [2.05, 4.69) is 30.9 Å². The molecule has 2 aromatic carbocycles. The minimum atomic E-state index is -3.12. The lowest BCUT2D eigenvalue weighted by Gasteiger charge is -2.14. The lowest BCUT2D eigenvalue weighted by molar-refractivity contribution is 0.101. The van der Waals surface area contributed by atoms with Gasteiger partial charge in [-0.2, -0.15) is 8.78 Å². The molecule has 3 N–H and O–H groups in total. The molecule has 8 nitrogen and oxygen atoms in total. The molecule has 1 atom stereocenters. The molecule has 4 rings (SSSR count). The molecular formula is C27H27F2N6O2P. The molecule has 0 aliphatic carbocycles. The lowest BCUT2D eigenvalue weighted by atomic mass is 10.1. The number of halogens is 2. The van der Waals surface area contributed by atoms with Crippen LogP contribution in [0.3, 0.4) is 0 Å². The molecule has 0 bridgehead atoms. The van der Waals surface area contributed by atoms with Crippen molar-refractivity contribution in [2.45, 2.75) is 12.6 Å². The van der Waals surface area contributed by atoms with Crippen LogP contribution in [0.25, 0.3) is 11.3 Å². The van der Waals surface area contributed by atoms with Crippen LogP contribution in [0.5, 0.6) is 0 Å². The van der Waals surface area contributed by atoms with E-state index in [4.69, 9.17) is 4.74 Å². The van der Waals surface area contributed by atoms with E-state index in [1.807, 2.05) is 25.1 Å². The number of carbonyl (C=O) groups is 1. The van der Waals surface area contributed by atoms with Gasteiger partial charge in [-0.25, -0.2) is 15.0 Å². The van der Waals surface area contributed by atoms with Crippen molar-refractivity contribution in [3.05, 3.63) is 89.7 Å². The van der Waals surface area contributed by atoms with E-state index in [1.165, 1.54) is 33.5 Å². The Kier molecular flexibility index (Phi) is 8.55. The van der Waals surface area contributed by atoms with E-state index >= 15 is 0 Å². The Morgan fingerprint density at radius 3 is 2.66 bits per heavy atom. The van der Waals surface area contributed by atoms with E-state index in [0.717, 1.165) is 16.9 Å². The fourth-order valence-corrected chi connectivity index (χ4v) is 3.72. The maximum absolute atomic E-state index is 13.6. The summed E-state index contributed by atoms with van der Waals surface area (Å²) in [5, 5.41) is 9.11. The van der Waals surface area contributed by atoms with Crippen LogP contribution in [0.15, 0.2) is 73.1 Å². The van der Waals surface area contributed by atoms with Crippen LogP contribution < -0.4 is 16.0 Å². The number of anilines is 4. The molecule has 38 heavy (non-hydrogen) atoms. The number of methoxy groups -OCH3 is 1. The Balaban J connectivity index is 1.47. The van der Waals surface area contributed by atoms with Gasteiger partial charge in [0, 0.05) is 54.1 Å². The number of aryl methyl sites for hydroxylation is 1. The third-order valence-electron chi connectivity index (χ3n) is 5.58. The minimum absolute atomic E-state index is 0.129. The van der Waals surface area contributed by atoms with Crippen molar-refractivity contribution in [1.82, 2.24) is 15.0 Å². The number of hydrogen-bond acceptors (Lipinski definition) is 7. The standard InChI is InChI=1S/C27H27F2N6O2P/c1-17-6-8-21(33-25(36)18-4-3-5-20(14-18)27(28,29)38)15-23(17)35-26-31-11-10-22(34-26)19-7-9-24(32-16-19)30-12-13-37-2/h3-11,14-16H,12-13,38H2,1-2H3,(H,30,32)(H,33,36)(H,31,34,35). The first kappa shape index (κ1) is 27.0. The molecule has 1 unspecified atom stereocenters. The normalized spacial score (nSPS) is 11.2. The van der Waals surface area contributed by atoms with Crippen LogP contribution in [0, 0.1) is 6.92 Å². The second-order valence-electron chi connectivity index (χ2n) is 8.43. The average molecular weight is 537 g/mol. The van der Waals surface area contributed by atoms with E-state index in [0.29, 0.717) is 36.2 Å². The highest BCUT2D eigenvalue weighted by atomic mass is 31.0. The maximum Gasteiger partial charge on any atom is 0.283 e. The Hall–Kier alpha value is -4.01. The van der Waals surface area contributed by atoms with Crippen molar-refractivity contribution in [2.75, 3.05) is 36.2 Å². The molecule has 196 valence electrons. The highest BCUT2D eigenvalue weighted by Crippen LogP contribution is 2.35. The molecule has 0 radical (unpaired) electrons. The van der Waals surface area contributed by atoms with Gasteiger partial charge in [-0.15, -0.1) is 0 Å². The molecule has 0 saturated heterocycles. The second kappa shape index (κ2) is 12.0. The summed E-state index contributed by atoms with van der Waals surface area (Å²) in [6.45, 7) is 3.14. The number of pyridine rings is 1. The van der Waals surface area contributed by atoms with Gasteiger partial charge in [0.1, 0.15) is 5.82 Å². The summed E-state index contributed by atoms with van der Waals surface area (Å²) in [5.74, 6) is 0.607. The van der Waals surface area contributed by atoms with E-state index in [1.54, 1.807) is 37.7 Å². The van der Waals surface area contributed by atoms with Gasteiger partial charge in [0.2, 0.25) is 5.95 Å². The number of nitrogens with zero attached hydrogens (tertiary/aromatic N) is 3. The van der Waals surface area contributed by atoms with Crippen molar-refractivity contribution in [1.29, 1.82) is 0 Å². The van der Waals surface area contributed by atoms with Gasteiger partial charge >= 0.3 is 0 Å². The van der Waals surface area contributed by atoms with Crippen molar-refractivity contribution in [3.8, 4) is 11.3 Å². The van der Waals surface area contributed by atoms with Gasteiger partial charge in [0.25, 0.3) is 11.6 Å². The van der Waals surface area contributed by atoms with Gasteiger partial charge in [0.15, 0.2) is 0 Å². The lowest BCUT2D eigenvalue weighted by Crippen LogP contribution is -2.13. The van der Waals surface area contributed by atoms with Gasteiger partial charge in [-0.05, 0) is 55.0 Å². The predicted molar refractivity (Wildman–Crippen MR) is 148 cm³/mol. The molecule has 1 amide bonds. The number of alkyl halides is 2. The largest absolute Gasteiger partial charge is 0.383 e. The molecule has 11 heteroatoms. The fraction of sp³-hybridized carbons (Fsp3) is 0.185. The van der Waals surface area contributed by atoms with E-state index in [-0.39, 0.29) is 11.1 Å². The zero-order chi connectivity index (χ0) is 27.1. The topological polar surface area (TPSA) is 101 Å². The molecule has 0 aliphatic rings. The van der Waals surface area contributed by atoms with Crippen LogP contribution in [0.1, 0.15) is 21.5 Å². The number of amides is 1. The highest BCUT2D eigenvalue weighted by Gasteiger charge is 2.25. The fourth-order valence-electron chi connectivity index (χ4n) is 3.54. The molecule has 2 aromatic heterocycles. The predicted octanol–water partition coefficient (Wildman–Crippen LogP) is 5.83. The molecule has 0 spiro atoms. The molecule has 0 aliphatic heterocycles. The quantitative estimate of drug-likeness (QED) is 0.173. The van der Waals surface area contributed by atoms with Gasteiger partial charge < -0.3 is 20.7 Å². The summed E-state index contributed by atoms with van der Waals surface area (Å²) in [5.41, 5.74) is 0.328. The maximum atomic E-state index is 13.6. The first-order chi connectivity index (χ1) is 18.2. The number of aromatic nitrogens is 3. The first-order valence-corrected chi connectivity index (χ1v) is 12.3. The van der Waals surface area contributed by atoms with Crippen LogP contribution in [-0.4, -0.2) is 41.1 Å². The Morgan fingerprint density at radius 2 is 1.92 bits per heavy atom. The van der Waals surface area contributed by atoms with Gasteiger partial charge in [-0.3, -0.25) is 4.79 Å². The smallest absolute Gasteiger partial charge is 0.283 e. The summed E-state index contributed by atoms with van der Waals surface area (Å²) in [7, 11) is 3.12. The molecule has 0 fully saturated rings. The summed E-state index contributed by atoms with van der Waals surface area (Å²) in [6, 6.07) is 16.2. The minimum Gasteiger partial charge on any atom is -0.383 e. The molecule has 0 saturated carbocycles. The first-order valence-electron chi connectivity index (χ1n) is 11.7. The zero-order valence-electron chi connectivity index (χ0n) is 20.8. The third kappa shape index (κ3) is 7.06. The number of benzene rings is 2. The van der Waals surface area contributed by atoms with Gasteiger partial charge in [-0.1, -0.05) is 27.4 Å². The van der Waals surface area contributed by atoms with Gasteiger partial charge in [0.05, 0.1) is 12.3 Å². The van der Waals surface area contributed by atoms with Crippen LogP contribution in [-0.2, 0) is 10.4 Å². The Labute approximate surface area is 221 Å². The van der Waals surface area contributed by atoms with Crippen LogP contribution >= 0.6 is 9.24 Å². The number of nitrogens with one attached hydrogen (secondary N) is 3. The van der Waals surface area contributed by atoms with Crippen molar-refractivity contribution in [3.63, 3.8) is 0 Å². The van der Waals surface area contributed by atoms with Crippen molar-refractivity contribution >= 4 is 38.3 Å².